The number of anilines is 2. The quantitative estimate of drug-likeness (QED) is 0.529. The molecule has 1 saturated heterocycles. The van der Waals surface area contributed by atoms with Crippen molar-refractivity contribution >= 4 is 22.5 Å². The molecule has 1 aliphatic heterocycles. The predicted octanol–water partition coefficient (Wildman–Crippen LogP) is 3.93. The molecule has 0 aliphatic carbocycles. The third kappa shape index (κ3) is 3.62. The van der Waals surface area contributed by atoms with Crippen LogP contribution in [0.3, 0.4) is 0 Å². The Morgan fingerprint density at radius 3 is 2.59 bits per heavy atom. The Morgan fingerprint density at radius 2 is 1.85 bits per heavy atom. The first-order valence-electron chi connectivity index (χ1n) is 9.47. The Labute approximate surface area is 160 Å². The lowest BCUT2D eigenvalue weighted by Gasteiger charge is -2.46. The third-order valence-electron chi connectivity index (χ3n) is 5.20. The molecule has 6 nitrogen and oxygen atoms in total. The van der Waals surface area contributed by atoms with E-state index in [9.17, 15) is 0 Å². The Balaban J connectivity index is 1.62. The summed E-state index contributed by atoms with van der Waals surface area (Å²) in [6.07, 6.45) is 5.82. The Kier molecular flexibility index (Phi) is 4.11. The van der Waals surface area contributed by atoms with Gasteiger partial charge in [-0.15, -0.1) is 0 Å². The molecule has 1 aromatic carbocycles. The van der Waals surface area contributed by atoms with E-state index in [-0.39, 0.29) is 11.1 Å². The average molecular weight is 364 g/mol. The van der Waals surface area contributed by atoms with E-state index in [0.29, 0.717) is 12.0 Å². The summed E-state index contributed by atoms with van der Waals surface area (Å²) in [6, 6.07) is 8.19. The number of benzene rings is 1. The van der Waals surface area contributed by atoms with Crippen molar-refractivity contribution in [1.29, 1.82) is 0 Å². The summed E-state index contributed by atoms with van der Waals surface area (Å²) in [5.74, 6) is 0.671. The van der Waals surface area contributed by atoms with Crippen LogP contribution < -0.4 is 16.4 Å². The van der Waals surface area contributed by atoms with Crippen molar-refractivity contribution < 1.29 is 0 Å². The van der Waals surface area contributed by atoms with E-state index in [1.807, 2.05) is 30.6 Å². The van der Waals surface area contributed by atoms with Crippen LogP contribution in [-0.2, 0) is 0 Å². The van der Waals surface area contributed by atoms with Crippen molar-refractivity contribution in [2.75, 3.05) is 11.1 Å². The molecular formula is C21H28N6. The third-order valence-corrected chi connectivity index (χ3v) is 5.20. The largest absolute Gasteiger partial charge is 0.397 e. The van der Waals surface area contributed by atoms with Gasteiger partial charge in [-0.05, 0) is 52.7 Å². The fourth-order valence-electron chi connectivity index (χ4n) is 4.57. The van der Waals surface area contributed by atoms with E-state index in [1.165, 1.54) is 0 Å². The lowest BCUT2D eigenvalue weighted by Crippen LogP contribution is -2.60. The molecule has 5 N–H and O–H groups in total. The molecule has 0 saturated carbocycles. The maximum absolute atomic E-state index is 6.07. The zero-order valence-corrected chi connectivity index (χ0v) is 16.4. The van der Waals surface area contributed by atoms with Crippen LogP contribution in [0.15, 0.2) is 36.7 Å². The number of para-hydroxylation sites is 1. The van der Waals surface area contributed by atoms with Crippen molar-refractivity contribution in [3.8, 4) is 11.3 Å². The molecule has 4 rings (SSSR count). The summed E-state index contributed by atoms with van der Waals surface area (Å²) in [4.78, 5) is 12.5. The molecule has 27 heavy (non-hydrogen) atoms. The predicted molar refractivity (Wildman–Crippen MR) is 112 cm³/mol. The standard InChI is InChI=1S/C21H28N6/c1-20(2)10-13(11-21(3,4)27-20)25-19-23-9-8-17(26-19)15-12-24-18-14(15)6-5-7-16(18)22/h5-9,12-13,24,27H,10-11,22H2,1-4H3,(H,23,25,26). The first kappa shape index (κ1) is 17.8. The van der Waals surface area contributed by atoms with Gasteiger partial charge in [0, 0.05) is 40.5 Å². The minimum Gasteiger partial charge on any atom is -0.397 e. The van der Waals surface area contributed by atoms with Gasteiger partial charge in [-0.2, -0.15) is 0 Å². The topological polar surface area (TPSA) is 91.7 Å². The van der Waals surface area contributed by atoms with Gasteiger partial charge in [0.15, 0.2) is 0 Å². The van der Waals surface area contributed by atoms with Gasteiger partial charge in [0.05, 0.1) is 16.9 Å². The SMILES string of the molecule is CC1(C)CC(Nc2nccc(-c3c[nH]c4c(N)cccc34)n2)CC(C)(C)N1. The lowest BCUT2D eigenvalue weighted by molar-refractivity contribution is 0.170. The van der Waals surface area contributed by atoms with Crippen LogP contribution in [0, 0.1) is 0 Å². The minimum atomic E-state index is 0.0748. The Morgan fingerprint density at radius 1 is 1.11 bits per heavy atom. The zero-order chi connectivity index (χ0) is 19.2. The lowest BCUT2D eigenvalue weighted by atomic mass is 9.80. The smallest absolute Gasteiger partial charge is 0.223 e. The molecule has 0 spiro atoms. The molecule has 0 amide bonds. The number of nitrogens with one attached hydrogen (secondary N) is 3. The molecule has 1 fully saturated rings. The summed E-state index contributed by atoms with van der Waals surface area (Å²) in [6.45, 7) is 8.98. The summed E-state index contributed by atoms with van der Waals surface area (Å²) < 4.78 is 0. The molecule has 0 radical (unpaired) electrons. The molecule has 6 heteroatoms. The molecule has 1 aliphatic rings. The highest BCUT2D eigenvalue weighted by Gasteiger charge is 2.37. The van der Waals surface area contributed by atoms with E-state index in [4.69, 9.17) is 10.7 Å². The van der Waals surface area contributed by atoms with Crippen molar-refractivity contribution in [3.05, 3.63) is 36.7 Å². The molecular weight excluding hydrogens is 336 g/mol. The van der Waals surface area contributed by atoms with Gasteiger partial charge in [0.1, 0.15) is 0 Å². The van der Waals surface area contributed by atoms with Gasteiger partial charge >= 0.3 is 0 Å². The van der Waals surface area contributed by atoms with Gasteiger partial charge < -0.3 is 21.4 Å². The van der Waals surface area contributed by atoms with Crippen molar-refractivity contribution in [2.45, 2.75) is 57.7 Å². The van der Waals surface area contributed by atoms with Gasteiger partial charge in [0.25, 0.3) is 0 Å². The monoisotopic (exact) mass is 364 g/mol. The number of nitrogen functional groups attached to an aromatic ring is 1. The maximum Gasteiger partial charge on any atom is 0.223 e. The zero-order valence-electron chi connectivity index (χ0n) is 16.4. The highest BCUT2D eigenvalue weighted by Crippen LogP contribution is 2.32. The van der Waals surface area contributed by atoms with Crippen LogP contribution >= 0.6 is 0 Å². The van der Waals surface area contributed by atoms with E-state index >= 15 is 0 Å². The number of aromatic nitrogens is 3. The van der Waals surface area contributed by atoms with Crippen LogP contribution in [0.5, 0.6) is 0 Å². The molecule has 3 aromatic rings. The maximum atomic E-state index is 6.07. The number of rotatable bonds is 3. The number of hydrogen-bond acceptors (Lipinski definition) is 5. The normalized spacial score (nSPS) is 19.3. The van der Waals surface area contributed by atoms with Crippen LogP contribution in [0.4, 0.5) is 11.6 Å². The van der Waals surface area contributed by atoms with Gasteiger partial charge in [-0.3, -0.25) is 0 Å². The average Bonchev–Trinajstić information content (AvgIpc) is 2.97. The van der Waals surface area contributed by atoms with E-state index < -0.39 is 0 Å². The molecule has 0 atom stereocenters. The first-order chi connectivity index (χ1) is 12.7. The summed E-state index contributed by atoms with van der Waals surface area (Å²) in [7, 11) is 0. The second kappa shape index (κ2) is 6.23. The minimum absolute atomic E-state index is 0.0748. The number of piperidine rings is 1. The second-order valence-electron chi connectivity index (χ2n) is 8.88. The highest BCUT2D eigenvalue weighted by atomic mass is 15.1. The van der Waals surface area contributed by atoms with Gasteiger partial charge in [0.2, 0.25) is 5.95 Å². The van der Waals surface area contributed by atoms with E-state index in [0.717, 1.165) is 40.7 Å². The number of H-pyrrole nitrogens is 1. The van der Waals surface area contributed by atoms with Crippen molar-refractivity contribution in [2.24, 2.45) is 0 Å². The molecule has 0 bridgehead atoms. The number of aromatic amines is 1. The van der Waals surface area contributed by atoms with E-state index in [2.05, 4.69) is 54.4 Å². The Bertz CT molecular complexity index is 956. The number of hydrogen-bond donors (Lipinski definition) is 4. The summed E-state index contributed by atoms with van der Waals surface area (Å²) in [5, 5.41) is 8.34. The fourth-order valence-corrected chi connectivity index (χ4v) is 4.57. The first-order valence-corrected chi connectivity index (χ1v) is 9.47. The van der Waals surface area contributed by atoms with Crippen LogP contribution in [0.2, 0.25) is 0 Å². The number of nitrogens with two attached hydrogens (primary N) is 1. The summed E-state index contributed by atoms with van der Waals surface area (Å²) in [5.41, 5.74) is 9.83. The fraction of sp³-hybridized carbons (Fsp3) is 0.429. The Hall–Kier alpha value is -2.60. The van der Waals surface area contributed by atoms with Crippen molar-refractivity contribution in [3.63, 3.8) is 0 Å². The van der Waals surface area contributed by atoms with Crippen molar-refractivity contribution in [1.82, 2.24) is 20.3 Å². The molecule has 3 heterocycles. The van der Waals surface area contributed by atoms with Crippen LogP contribution in [0.25, 0.3) is 22.2 Å². The second-order valence-corrected chi connectivity index (χ2v) is 8.88. The molecule has 2 aromatic heterocycles. The van der Waals surface area contributed by atoms with Crippen LogP contribution in [0.1, 0.15) is 40.5 Å². The van der Waals surface area contributed by atoms with Crippen LogP contribution in [-0.4, -0.2) is 32.1 Å². The summed E-state index contributed by atoms with van der Waals surface area (Å²) >= 11 is 0. The highest BCUT2D eigenvalue weighted by molar-refractivity contribution is 6.00. The van der Waals surface area contributed by atoms with E-state index in [1.54, 1.807) is 0 Å². The molecule has 142 valence electrons. The number of fused-ring (bicyclic) bond motifs is 1. The van der Waals surface area contributed by atoms with Gasteiger partial charge in [-0.25, -0.2) is 9.97 Å². The molecule has 0 unspecified atom stereocenters. The van der Waals surface area contributed by atoms with Gasteiger partial charge in [-0.1, -0.05) is 12.1 Å². The number of nitrogens with zero attached hydrogens (tertiary/aromatic N) is 2.